The van der Waals surface area contributed by atoms with Gasteiger partial charge in [0.25, 0.3) is 0 Å². The molecule has 0 saturated heterocycles. The molecule has 0 aliphatic heterocycles. The Labute approximate surface area is 130 Å². The van der Waals surface area contributed by atoms with Crippen LogP contribution in [0.4, 0.5) is 0 Å². The van der Waals surface area contributed by atoms with Crippen molar-refractivity contribution in [2.45, 2.75) is 6.92 Å². The van der Waals surface area contributed by atoms with E-state index in [1.54, 1.807) is 19.1 Å². The van der Waals surface area contributed by atoms with E-state index in [0.717, 1.165) is 0 Å². The summed E-state index contributed by atoms with van der Waals surface area (Å²) >= 11 is 0. The van der Waals surface area contributed by atoms with Crippen LogP contribution >= 0.6 is 0 Å². The molecule has 0 unspecified atom stereocenters. The molecule has 2 N–H and O–H groups in total. The Morgan fingerprint density at radius 3 is 2.52 bits per heavy atom. The van der Waals surface area contributed by atoms with Crippen LogP contribution in [-0.2, 0) is 0 Å². The molecule has 3 aromatic heterocycles. The van der Waals surface area contributed by atoms with Gasteiger partial charge in [0.15, 0.2) is 18.2 Å². The average Bonchev–Trinajstić information content (AvgIpc) is 2.83. The number of pyridine rings is 2. The monoisotopic (exact) mass is 312 g/mol. The van der Waals surface area contributed by atoms with Crippen molar-refractivity contribution in [2.75, 3.05) is 0 Å². The second kappa shape index (κ2) is 5.41. The summed E-state index contributed by atoms with van der Waals surface area (Å²) in [6, 6.07) is 5.98. The molecule has 0 radical (unpaired) electrons. The number of rotatable bonds is 3. The first-order valence-electron chi connectivity index (χ1n) is 6.65. The summed E-state index contributed by atoms with van der Waals surface area (Å²) in [6.07, 6.45) is 3.84. The van der Waals surface area contributed by atoms with Gasteiger partial charge in [0.1, 0.15) is 0 Å². The summed E-state index contributed by atoms with van der Waals surface area (Å²) in [5.41, 5.74) is 1.71. The summed E-state index contributed by atoms with van der Waals surface area (Å²) in [5.74, 6) is -0.931. The Bertz CT molecular complexity index is 870. The summed E-state index contributed by atoms with van der Waals surface area (Å²) in [6.45, 7) is 1.72. The fraction of sp³-hybridized carbons (Fsp3) is 0.0667. The number of aromatic nitrogens is 4. The second-order valence-corrected chi connectivity index (χ2v) is 4.85. The van der Waals surface area contributed by atoms with Crippen LogP contribution in [0.2, 0.25) is 0 Å². The maximum Gasteiger partial charge on any atom is 0.337 e. The lowest BCUT2D eigenvalue weighted by atomic mass is 10.1. The van der Waals surface area contributed by atoms with Crippen LogP contribution in [0.15, 0.2) is 42.9 Å². The van der Waals surface area contributed by atoms with Gasteiger partial charge < -0.3 is 15.4 Å². The fourth-order valence-electron chi connectivity index (χ4n) is 2.23. The number of carboxylic acid groups (broad SMARTS) is 1. The lowest BCUT2D eigenvalue weighted by Gasteiger charge is -2.04. The van der Waals surface area contributed by atoms with Crippen molar-refractivity contribution >= 4 is 5.97 Å². The largest absolute Gasteiger partial charge is 0.619 e. The minimum atomic E-state index is -1.08. The van der Waals surface area contributed by atoms with Crippen molar-refractivity contribution in [2.24, 2.45) is 0 Å². The molecule has 3 heterocycles. The molecule has 0 spiro atoms. The molecular formula is C15H12N4O4. The summed E-state index contributed by atoms with van der Waals surface area (Å²) in [5, 5.41) is 34.6. The predicted molar refractivity (Wildman–Crippen MR) is 79.1 cm³/mol. The Morgan fingerprint density at radius 2 is 1.96 bits per heavy atom. The molecule has 0 aliphatic rings. The molecule has 8 heteroatoms. The smallest absolute Gasteiger partial charge is 0.337 e. The Kier molecular flexibility index (Phi) is 3.41. The predicted octanol–water partition coefficient (Wildman–Crippen LogP) is 1.28. The molecule has 23 heavy (non-hydrogen) atoms. The van der Waals surface area contributed by atoms with E-state index in [-0.39, 0.29) is 17.3 Å². The normalized spacial score (nSPS) is 10.7. The van der Waals surface area contributed by atoms with Crippen molar-refractivity contribution in [3.05, 3.63) is 59.3 Å². The van der Waals surface area contributed by atoms with E-state index in [9.17, 15) is 15.1 Å². The molecule has 3 aromatic rings. The van der Waals surface area contributed by atoms with Gasteiger partial charge >= 0.3 is 5.97 Å². The van der Waals surface area contributed by atoms with E-state index >= 15 is 0 Å². The van der Waals surface area contributed by atoms with Crippen molar-refractivity contribution in [1.29, 1.82) is 0 Å². The van der Waals surface area contributed by atoms with Crippen LogP contribution in [-0.4, -0.2) is 30.9 Å². The van der Waals surface area contributed by atoms with E-state index in [0.29, 0.717) is 21.6 Å². The zero-order valence-corrected chi connectivity index (χ0v) is 12.0. The number of hydrogen-bond donors (Lipinski definition) is 2. The molecule has 0 aromatic carbocycles. The maximum absolute atomic E-state index is 11.1. The van der Waals surface area contributed by atoms with Gasteiger partial charge in [-0.1, -0.05) is 0 Å². The topological polar surface area (TPSA) is 115 Å². The van der Waals surface area contributed by atoms with E-state index < -0.39 is 5.97 Å². The molecular weight excluding hydrogens is 300 g/mol. The molecule has 0 atom stereocenters. The maximum atomic E-state index is 11.1. The highest BCUT2D eigenvalue weighted by molar-refractivity contribution is 5.87. The molecule has 8 nitrogen and oxygen atoms in total. The molecule has 0 bridgehead atoms. The van der Waals surface area contributed by atoms with Crippen LogP contribution in [0.5, 0.6) is 5.88 Å². The van der Waals surface area contributed by atoms with Crippen LogP contribution in [0, 0.1) is 12.1 Å². The first-order valence-corrected chi connectivity index (χ1v) is 6.65. The molecule has 0 fully saturated rings. The van der Waals surface area contributed by atoms with Crippen molar-refractivity contribution in [3.8, 4) is 22.8 Å². The average molecular weight is 312 g/mol. The zero-order chi connectivity index (χ0) is 16.6. The van der Waals surface area contributed by atoms with Gasteiger partial charge in [0.2, 0.25) is 5.88 Å². The summed E-state index contributed by atoms with van der Waals surface area (Å²) in [4.78, 5) is 14.8. The highest BCUT2D eigenvalue weighted by atomic mass is 16.5. The van der Waals surface area contributed by atoms with Crippen LogP contribution in [0.3, 0.4) is 0 Å². The quantitative estimate of drug-likeness (QED) is 0.556. The van der Waals surface area contributed by atoms with E-state index in [2.05, 4.69) is 10.1 Å². The standard InChI is InChI=1S/C15H12N4O4/c1-9-13(10-4-6-18(23)7-5-10)14(20)19(17-9)12-3-2-11(8-16-12)15(21)22/h2-8,20H,1H3,(H,21,22). The number of aryl methyl sites for hydroxylation is 1. The first kappa shape index (κ1) is 14.5. The van der Waals surface area contributed by atoms with Crippen LogP contribution in [0.1, 0.15) is 16.1 Å². The van der Waals surface area contributed by atoms with Gasteiger partial charge in [-0.2, -0.15) is 14.5 Å². The van der Waals surface area contributed by atoms with E-state index in [1.165, 1.54) is 35.4 Å². The number of nitrogens with zero attached hydrogens (tertiary/aromatic N) is 4. The Balaban J connectivity index is 2.07. The fourth-order valence-corrected chi connectivity index (χ4v) is 2.23. The highest BCUT2D eigenvalue weighted by Gasteiger charge is 2.18. The Hall–Kier alpha value is -3.42. The SMILES string of the molecule is Cc1nn(-c2ccc(C(=O)O)cn2)c(O)c1-c1cc[n+]([O-])cc1. The zero-order valence-electron chi connectivity index (χ0n) is 12.0. The minimum absolute atomic E-state index is 0.0420. The third-order valence-corrected chi connectivity index (χ3v) is 3.34. The van der Waals surface area contributed by atoms with Gasteiger partial charge in [-0.05, 0) is 19.1 Å². The third kappa shape index (κ3) is 2.57. The minimum Gasteiger partial charge on any atom is -0.619 e. The van der Waals surface area contributed by atoms with Crippen molar-refractivity contribution < 1.29 is 19.7 Å². The number of aromatic carboxylic acids is 1. The van der Waals surface area contributed by atoms with E-state index in [4.69, 9.17) is 5.11 Å². The second-order valence-electron chi connectivity index (χ2n) is 4.85. The van der Waals surface area contributed by atoms with E-state index in [1.807, 2.05) is 0 Å². The van der Waals surface area contributed by atoms with Gasteiger partial charge in [-0.25, -0.2) is 9.78 Å². The Morgan fingerprint density at radius 1 is 1.26 bits per heavy atom. The number of carboxylic acids is 1. The summed E-state index contributed by atoms with van der Waals surface area (Å²) < 4.78 is 1.86. The lowest BCUT2D eigenvalue weighted by molar-refractivity contribution is -0.605. The van der Waals surface area contributed by atoms with Crippen molar-refractivity contribution in [1.82, 2.24) is 14.8 Å². The van der Waals surface area contributed by atoms with Gasteiger partial charge in [0, 0.05) is 23.9 Å². The summed E-state index contributed by atoms with van der Waals surface area (Å²) in [7, 11) is 0. The van der Waals surface area contributed by atoms with Crippen LogP contribution < -0.4 is 4.73 Å². The number of hydrogen-bond acceptors (Lipinski definition) is 5. The molecule has 3 rings (SSSR count). The molecule has 0 amide bonds. The van der Waals surface area contributed by atoms with Gasteiger partial charge in [-0.15, -0.1) is 0 Å². The van der Waals surface area contributed by atoms with Gasteiger partial charge in [-0.3, -0.25) is 0 Å². The van der Waals surface area contributed by atoms with Crippen molar-refractivity contribution in [3.63, 3.8) is 0 Å². The first-order chi connectivity index (χ1) is 11.0. The highest BCUT2D eigenvalue weighted by Crippen LogP contribution is 2.33. The molecule has 116 valence electrons. The van der Waals surface area contributed by atoms with Gasteiger partial charge in [0.05, 0.1) is 16.8 Å². The molecule has 0 saturated carbocycles. The molecule has 0 aliphatic carbocycles. The van der Waals surface area contributed by atoms with Crippen LogP contribution in [0.25, 0.3) is 16.9 Å². The number of carbonyl (C=O) groups is 1. The third-order valence-electron chi connectivity index (χ3n) is 3.34. The number of aromatic hydroxyl groups is 1. The lowest BCUT2D eigenvalue weighted by Crippen LogP contribution is -2.23.